The van der Waals surface area contributed by atoms with Crippen molar-refractivity contribution in [3.8, 4) is 11.5 Å². The minimum atomic E-state index is -0.587. The first-order valence-electron chi connectivity index (χ1n) is 6.84. The van der Waals surface area contributed by atoms with E-state index in [9.17, 15) is 9.59 Å². The molecular weight excluding hydrogens is 352 g/mol. The molecule has 0 radical (unpaired) electrons. The maximum Gasteiger partial charge on any atom is 0.265 e. The molecule has 2 rings (SSSR count). The van der Waals surface area contributed by atoms with Gasteiger partial charge in [-0.05, 0) is 29.9 Å². The molecule has 1 saturated heterocycles. The molecule has 0 atom stereocenters. The van der Waals surface area contributed by atoms with E-state index in [-0.39, 0.29) is 17.2 Å². The lowest BCUT2D eigenvalue weighted by molar-refractivity contribution is -0.128. The quantitative estimate of drug-likeness (QED) is 0.374. The van der Waals surface area contributed by atoms with Crippen LogP contribution in [0.5, 0.6) is 11.5 Å². The van der Waals surface area contributed by atoms with Gasteiger partial charge in [0, 0.05) is 12.6 Å². The summed E-state index contributed by atoms with van der Waals surface area (Å²) < 4.78 is 10.4. The molecule has 1 aliphatic rings. The molecule has 126 valence electrons. The molecular formula is C16H15ClN2O4S. The van der Waals surface area contributed by atoms with Gasteiger partial charge in [-0.1, -0.05) is 17.7 Å². The van der Waals surface area contributed by atoms with Gasteiger partial charge in [-0.2, -0.15) is 0 Å². The van der Waals surface area contributed by atoms with E-state index in [1.165, 1.54) is 31.3 Å². The van der Waals surface area contributed by atoms with Crippen LogP contribution in [-0.2, 0) is 9.59 Å². The zero-order valence-electron chi connectivity index (χ0n) is 13.1. The molecule has 0 bridgehead atoms. The van der Waals surface area contributed by atoms with Crippen LogP contribution < -0.4 is 14.8 Å². The van der Waals surface area contributed by atoms with Gasteiger partial charge < -0.3 is 9.47 Å². The molecule has 0 saturated carbocycles. The van der Waals surface area contributed by atoms with Gasteiger partial charge in [0.05, 0.1) is 19.2 Å². The highest BCUT2D eigenvalue weighted by Gasteiger charge is 2.32. The van der Waals surface area contributed by atoms with Crippen molar-refractivity contribution in [1.82, 2.24) is 10.2 Å². The molecule has 6 nitrogen and oxygen atoms in total. The Morgan fingerprint density at radius 2 is 1.92 bits per heavy atom. The molecule has 1 aromatic rings. The zero-order valence-corrected chi connectivity index (χ0v) is 14.7. The number of carbonyl (C=O) groups is 2. The van der Waals surface area contributed by atoms with Crippen LogP contribution in [-0.4, -0.2) is 42.6 Å². The summed E-state index contributed by atoms with van der Waals surface area (Å²) in [5.41, 5.74) is 0.360. The molecule has 0 aromatic heterocycles. The van der Waals surface area contributed by atoms with Gasteiger partial charge in [0.1, 0.15) is 5.57 Å². The third kappa shape index (κ3) is 3.42. The summed E-state index contributed by atoms with van der Waals surface area (Å²) in [4.78, 5) is 25.9. The van der Waals surface area contributed by atoms with E-state index >= 15 is 0 Å². The Morgan fingerprint density at radius 3 is 2.50 bits per heavy atom. The Morgan fingerprint density at radius 1 is 1.29 bits per heavy atom. The molecule has 0 aliphatic carbocycles. The number of benzene rings is 1. The first-order chi connectivity index (χ1) is 11.4. The van der Waals surface area contributed by atoms with E-state index < -0.39 is 11.8 Å². The summed E-state index contributed by atoms with van der Waals surface area (Å²) in [5, 5.41) is 2.82. The fourth-order valence-corrected chi connectivity index (χ4v) is 2.58. The minimum absolute atomic E-state index is 0.0421. The molecule has 8 heteroatoms. The van der Waals surface area contributed by atoms with Crippen LogP contribution in [0.4, 0.5) is 0 Å². The number of nitrogens with zero attached hydrogens (tertiary/aromatic N) is 1. The third-order valence-corrected chi connectivity index (χ3v) is 3.95. The van der Waals surface area contributed by atoms with Crippen molar-refractivity contribution in [3.05, 3.63) is 40.9 Å². The largest absolute Gasteiger partial charge is 0.493 e. The maximum atomic E-state index is 12.5. The summed E-state index contributed by atoms with van der Waals surface area (Å²) >= 11 is 11.2. The smallest absolute Gasteiger partial charge is 0.265 e. The van der Waals surface area contributed by atoms with Crippen LogP contribution in [0.25, 0.3) is 6.08 Å². The Bertz CT molecular complexity index is 761. The van der Waals surface area contributed by atoms with Gasteiger partial charge >= 0.3 is 0 Å². The minimum Gasteiger partial charge on any atom is -0.493 e. The van der Waals surface area contributed by atoms with E-state index in [1.807, 2.05) is 0 Å². The Kier molecular flexibility index (Phi) is 5.58. The van der Waals surface area contributed by atoms with E-state index in [0.717, 1.165) is 0 Å². The van der Waals surface area contributed by atoms with Gasteiger partial charge in [-0.15, -0.1) is 6.58 Å². The molecule has 0 spiro atoms. The van der Waals surface area contributed by atoms with Gasteiger partial charge in [0.15, 0.2) is 16.6 Å². The van der Waals surface area contributed by atoms with Crippen LogP contribution in [0.15, 0.2) is 30.4 Å². The Balaban J connectivity index is 2.49. The number of methoxy groups -OCH3 is 2. The number of hydrogen-bond acceptors (Lipinski definition) is 5. The van der Waals surface area contributed by atoms with Crippen molar-refractivity contribution in [1.29, 1.82) is 0 Å². The second kappa shape index (κ2) is 7.46. The Hall–Kier alpha value is -2.38. The normalized spacial score (nSPS) is 16.2. The van der Waals surface area contributed by atoms with Crippen molar-refractivity contribution in [3.63, 3.8) is 0 Å². The molecule has 1 aromatic carbocycles. The van der Waals surface area contributed by atoms with E-state index in [2.05, 4.69) is 11.9 Å². The number of ether oxygens (including phenoxy) is 2. The summed E-state index contributed by atoms with van der Waals surface area (Å²) in [6.07, 6.45) is 2.91. The fraction of sp³-hybridized carbons (Fsp3) is 0.188. The summed E-state index contributed by atoms with van der Waals surface area (Å²) in [6, 6.07) is 3.13. The average molecular weight is 367 g/mol. The topological polar surface area (TPSA) is 67.9 Å². The van der Waals surface area contributed by atoms with Crippen LogP contribution in [0, 0.1) is 0 Å². The van der Waals surface area contributed by atoms with Gasteiger partial charge in [-0.3, -0.25) is 19.8 Å². The van der Waals surface area contributed by atoms with E-state index in [1.54, 1.807) is 12.1 Å². The Labute approximate surface area is 149 Å². The van der Waals surface area contributed by atoms with Crippen molar-refractivity contribution in [2.75, 3.05) is 20.8 Å². The first-order valence-corrected chi connectivity index (χ1v) is 7.62. The predicted octanol–water partition coefficient (Wildman–Crippen LogP) is 2.17. The molecule has 2 amide bonds. The number of carbonyl (C=O) groups excluding carboxylic acids is 2. The van der Waals surface area contributed by atoms with Crippen LogP contribution in [0.1, 0.15) is 5.56 Å². The third-order valence-electron chi connectivity index (χ3n) is 3.30. The molecule has 1 heterocycles. The van der Waals surface area contributed by atoms with Crippen molar-refractivity contribution < 1.29 is 19.1 Å². The average Bonchev–Trinajstić information content (AvgIpc) is 2.56. The summed E-state index contributed by atoms with van der Waals surface area (Å²) in [5.74, 6) is -0.236. The summed E-state index contributed by atoms with van der Waals surface area (Å²) in [6.45, 7) is 3.76. The molecule has 0 unspecified atom stereocenters. The lowest BCUT2D eigenvalue weighted by Gasteiger charge is -2.27. The zero-order chi connectivity index (χ0) is 17.9. The van der Waals surface area contributed by atoms with Crippen LogP contribution >= 0.6 is 23.8 Å². The second-order valence-electron chi connectivity index (χ2n) is 4.75. The molecule has 1 aliphatic heterocycles. The van der Waals surface area contributed by atoms with Crippen molar-refractivity contribution in [2.45, 2.75) is 0 Å². The number of hydrogen-bond donors (Lipinski definition) is 1. The lowest BCUT2D eigenvalue weighted by atomic mass is 10.1. The number of nitrogens with one attached hydrogen (secondary N) is 1. The number of halogens is 1. The van der Waals surface area contributed by atoms with Crippen LogP contribution in [0.2, 0.25) is 5.02 Å². The van der Waals surface area contributed by atoms with Gasteiger partial charge in [0.25, 0.3) is 11.8 Å². The lowest BCUT2D eigenvalue weighted by Crippen LogP contribution is -2.53. The number of rotatable bonds is 5. The molecule has 24 heavy (non-hydrogen) atoms. The maximum absolute atomic E-state index is 12.5. The SMILES string of the molecule is C=CCN1C(=O)/C(=C/c2cc(OC)c(OC)cc2Cl)C(=O)NC1=S. The summed E-state index contributed by atoms with van der Waals surface area (Å²) in [7, 11) is 2.96. The monoisotopic (exact) mass is 366 g/mol. The van der Waals surface area contributed by atoms with E-state index in [0.29, 0.717) is 22.1 Å². The van der Waals surface area contributed by atoms with Gasteiger partial charge in [0.2, 0.25) is 0 Å². The second-order valence-corrected chi connectivity index (χ2v) is 5.54. The highest BCUT2D eigenvalue weighted by Crippen LogP contribution is 2.34. The fourth-order valence-electron chi connectivity index (χ4n) is 2.12. The van der Waals surface area contributed by atoms with Crippen LogP contribution in [0.3, 0.4) is 0 Å². The van der Waals surface area contributed by atoms with E-state index in [4.69, 9.17) is 33.3 Å². The highest BCUT2D eigenvalue weighted by molar-refractivity contribution is 7.80. The predicted molar refractivity (Wildman–Crippen MR) is 95.2 cm³/mol. The standard InChI is InChI=1S/C16H15ClN2O4S/c1-4-5-19-15(21)10(14(20)18-16(19)24)6-9-7-12(22-2)13(23-3)8-11(9)17/h4,6-8H,1,5H2,2-3H3,(H,18,20,24)/b10-6+. The number of thiocarbonyl (C=S) groups is 1. The number of amides is 2. The molecule has 1 fully saturated rings. The highest BCUT2D eigenvalue weighted by atomic mass is 35.5. The van der Waals surface area contributed by atoms with Crippen molar-refractivity contribution in [2.24, 2.45) is 0 Å². The van der Waals surface area contributed by atoms with Crippen molar-refractivity contribution >= 4 is 46.8 Å². The first kappa shape index (κ1) is 18.0. The molecule has 1 N–H and O–H groups in total. The van der Waals surface area contributed by atoms with Gasteiger partial charge in [-0.25, -0.2) is 0 Å².